The van der Waals surface area contributed by atoms with Crippen LogP contribution < -0.4 is 25.4 Å². The second kappa shape index (κ2) is 4.41. The van der Waals surface area contributed by atoms with Gasteiger partial charge in [-0.15, -0.1) is 0 Å². The van der Waals surface area contributed by atoms with Crippen LogP contribution in [0.15, 0.2) is 36.4 Å². The molecule has 1 unspecified atom stereocenters. The number of para-hydroxylation sites is 1. The third-order valence-electron chi connectivity index (χ3n) is 4.47. The van der Waals surface area contributed by atoms with Crippen molar-refractivity contribution < 1.29 is 19.1 Å². The minimum Gasteiger partial charge on any atom is -0.486 e. The summed E-state index contributed by atoms with van der Waals surface area (Å²) < 4.78 is 11.2. The maximum atomic E-state index is 12.7. The summed E-state index contributed by atoms with van der Waals surface area (Å²) in [4.78, 5) is 25.2. The fraction of sp³-hybridized carbons (Fsp3) is 0.176. The fourth-order valence-corrected chi connectivity index (χ4v) is 3.35. The van der Waals surface area contributed by atoms with E-state index in [1.807, 2.05) is 6.07 Å². The molecule has 2 aromatic carbocycles. The quantitative estimate of drug-likeness (QED) is 0.682. The molecule has 0 radical (unpaired) electrons. The van der Waals surface area contributed by atoms with Gasteiger partial charge in [-0.25, -0.2) is 0 Å². The second-order valence-corrected chi connectivity index (χ2v) is 5.87. The molecule has 0 aliphatic carbocycles. The van der Waals surface area contributed by atoms with Crippen molar-refractivity contribution >= 4 is 23.2 Å². The van der Waals surface area contributed by atoms with Crippen LogP contribution in [-0.2, 0) is 10.5 Å². The molecule has 0 saturated heterocycles. The lowest BCUT2D eigenvalue weighted by molar-refractivity contribution is -0.120. The number of rotatable bonds is 0. The molecule has 120 valence electrons. The third kappa shape index (κ3) is 1.61. The van der Waals surface area contributed by atoms with Crippen LogP contribution in [0.3, 0.4) is 0 Å². The van der Waals surface area contributed by atoms with Gasteiger partial charge in [-0.3, -0.25) is 9.59 Å². The third-order valence-corrected chi connectivity index (χ3v) is 4.47. The van der Waals surface area contributed by atoms with E-state index in [1.165, 1.54) is 0 Å². The van der Waals surface area contributed by atoms with Gasteiger partial charge in [-0.05, 0) is 18.2 Å². The second-order valence-electron chi connectivity index (χ2n) is 5.87. The summed E-state index contributed by atoms with van der Waals surface area (Å²) in [6, 6.07) is 10.5. The summed E-state index contributed by atoms with van der Waals surface area (Å²) in [5.41, 5.74) is 0.966. The molecule has 0 bridgehead atoms. The standard InChI is InChI=1S/C17H13N3O4/c21-15-9-3-1-2-4-11(9)19-17(20-15)10-7-13-14(24-6-5-23-13)8-12(10)18-16(17)22/h1-4,7-8,19H,5-6H2,(H,18,22)(H,20,21). The van der Waals surface area contributed by atoms with Crippen molar-refractivity contribution in [2.24, 2.45) is 0 Å². The van der Waals surface area contributed by atoms with Gasteiger partial charge in [-0.2, -0.15) is 0 Å². The highest BCUT2D eigenvalue weighted by molar-refractivity contribution is 6.14. The van der Waals surface area contributed by atoms with Crippen molar-refractivity contribution in [2.75, 3.05) is 23.8 Å². The molecule has 0 saturated carbocycles. The van der Waals surface area contributed by atoms with Gasteiger partial charge in [0.2, 0.25) is 5.66 Å². The van der Waals surface area contributed by atoms with E-state index in [1.54, 1.807) is 30.3 Å². The normalized spacial score (nSPS) is 23.0. The Labute approximate surface area is 136 Å². The van der Waals surface area contributed by atoms with Crippen LogP contribution in [0.1, 0.15) is 15.9 Å². The van der Waals surface area contributed by atoms with Gasteiger partial charge >= 0.3 is 0 Å². The van der Waals surface area contributed by atoms with Gasteiger partial charge in [0.25, 0.3) is 11.8 Å². The zero-order chi connectivity index (χ0) is 16.3. The molecule has 2 amide bonds. The van der Waals surface area contributed by atoms with Crippen LogP contribution in [0.4, 0.5) is 11.4 Å². The maximum Gasteiger partial charge on any atom is 0.275 e. The molecule has 1 spiro atoms. The summed E-state index contributed by atoms with van der Waals surface area (Å²) in [6.45, 7) is 0.913. The van der Waals surface area contributed by atoms with Crippen LogP contribution in [0, 0.1) is 0 Å². The fourth-order valence-electron chi connectivity index (χ4n) is 3.35. The number of carbonyl (C=O) groups excluding carboxylic acids is 2. The molecule has 3 N–H and O–H groups in total. The predicted octanol–water partition coefficient (Wildman–Crippen LogP) is 1.42. The smallest absolute Gasteiger partial charge is 0.275 e. The van der Waals surface area contributed by atoms with E-state index in [2.05, 4.69) is 16.0 Å². The number of ether oxygens (including phenoxy) is 2. The zero-order valence-electron chi connectivity index (χ0n) is 12.5. The minimum absolute atomic E-state index is 0.303. The minimum atomic E-state index is -1.35. The van der Waals surface area contributed by atoms with E-state index in [0.717, 1.165) is 0 Å². The largest absolute Gasteiger partial charge is 0.486 e. The average Bonchev–Trinajstić information content (AvgIpc) is 2.84. The zero-order valence-corrected chi connectivity index (χ0v) is 12.5. The summed E-state index contributed by atoms with van der Waals surface area (Å²) in [5, 5.41) is 8.79. The highest BCUT2D eigenvalue weighted by Crippen LogP contribution is 2.45. The molecule has 0 aromatic heterocycles. The molecule has 5 rings (SSSR count). The molecule has 1 atom stereocenters. The first-order valence-electron chi connectivity index (χ1n) is 7.63. The predicted molar refractivity (Wildman–Crippen MR) is 85.3 cm³/mol. The molecule has 7 heteroatoms. The number of carbonyl (C=O) groups is 2. The molecule has 2 aromatic rings. The number of benzene rings is 2. The van der Waals surface area contributed by atoms with Crippen molar-refractivity contribution in [1.29, 1.82) is 0 Å². The van der Waals surface area contributed by atoms with E-state index in [4.69, 9.17) is 9.47 Å². The summed E-state index contributed by atoms with van der Waals surface area (Å²) in [5.74, 6) is 0.496. The summed E-state index contributed by atoms with van der Waals surface area (Å²) >= 11 is 0. The topological polar surface area (TPSA) is 88.7 Å². The SMILES string of the molecule is O=C1NC2(Nc3ccccc31)C(=O)Nc1cc3c(cc12)OCCO3. The monoisotopic (exact) mass is 323 g/mol. The molecule has 7 nitrogen and oxygen atoms in total. The lowest BCUT2D eigenvalue weighted by Crippen LogP contribution is -2.59. The van der Waals surface area contributed by atoms with Gasteiger partial charge in [0, 0.05) is 17.3 Å². The van der Waals surface area contributed by atoms with Crippen LogP contribution in [-0.4, -0.2) is 25.0 Å². The Balaban J connectivity index is 1.68. The number of hydrogen-bond acceptors (Lipinski definition) is 5. The lowest BCUT2D eigenvalue weighted by Gasteiger charge is -2.35. The molecule has 0 fully saturated rings. The van der Waals surface area contributed by atoms with Gasteiger partial charge in [-0.1, -0.05) is 12.1 Å². The van der Waals surface area contributed by atoms with Gasteiger partial charge in [0.15, 0.2) is 11.5 Å². The Morgan fingerprint density at radius 1 is 0.917 bits per heavy atom. The van der Waals surface area contributed by atoms with Crippen molar-refractivity contribution in [3.63, 3.8) is 0 Å². The van der Waals surface area contributed by atoms with Gasteiger partial charge in [0.1, 0.15) is 13.2 Å². The first kappa shape index (κ1) is 13.2. The van der Waals surface area contributed by atoms with E-state index in [9.17, 15) is 9.59 Å². The number of fused-ring (bicyclic) bond motifs is 4. The highest BCUT2D eigenvalue weighted by Gasteiger charge is 2.51. The average molecular weight is 323 g/mol. The Kier molecular flexibility index (Phi) is 2.43. The van der Waals surface area contributed by atoms with E-state index >= 15 is 0 Å². The van der Waals surface area contributed by atoms with Crippen molar-refractivity contribution in [3.05, 3.63) is 47.5 Å². The van der Waals surface area contributed by atoms with Crippen LogP contribution in [0.5, 0.6) is 11.5 Å². The number of hydrogen-bond donors (Lipinski definition) is 3. The van der Waals surface area contributed by atoms with Crippen molar-refractivity contribution in [2.45, 2.75) is 5.66 Å². The molecule has 24 heavy (non-hydrogen) atoms. The summed E-state index contributed by atoms with van der Waals surface area (Å²) in [6.07, 6.45) is 0. The number of nitrogens with one attached hydrogen (secondary N) is 3. The van der Waals surface area contributed by atoms with Crippen molar-refractivity contribution in [3.8, 4) is 11.5 Å². The van der Waals surface area contributed by atoms with Crippen LogP contribution in [0.25, 0.3) is 0 Å². The molecule has 3 aliphatic heterocycles. The first-order chi connectivity index (χ1) is 11.7. The molecule has 3 aliphatic rings. The lowest BCUT2D eigenvalue weighted by atomic mass is 9.95. The van der Waals surface area contributed by atoms with Gasteiger partial charge < -0.3 is 25.4 Å². The number of anilines is 2. The summed E-state index contributed by atoms with van der Waals surface area (Å²) in [7, 11) is 0. The van der Waals surface area contributed by atoms with E-state index in [-0.39, 0.29) is 11.8 Å². The Hall–Kier alpha value is -3.22. The van der Waals surface area contributed by atoms with Crippen LogP contribution >= 0.6 is 0 Å². The Morgan fingerprint density at radius 3 is 2.50 bits per heavy atom. The highest BCUT2D eigenvalue weighted by atomic mass is 16.6. The van der Waals surface area contributed by atoms with Gasteiger partial charge in [0.05, 0.1) is 11.3 Å². The van der Waals surface area contributed by atoms with Crippen LogP contribution in [0.2, 0.25) is 0 Å². The Morgan fingerprint density at radius 2 is 1.67 bits per heavy atom. The van der Waals surface area contributed by atoms with E-state index in [0.29, 0.717) is 47.2 Å². The Bertz CT molecular complexity index is 911. The first-order valence-corrected chi connectivity index (χ1v) is 7.63. The molecular weight excluding hydrogens is 310 g/mol. The maximum absolute atomic E-state index is 12.7. The van der Waals surface area contributed by atoms with Crippen molar-refractivity contribution in [1.82, 2.24) is 5.32 Å². The molecule has 3 heterocycles. The number of amides is 2. The van der Waals surface area contributed by atoms with E-state index < -0.39 is 5.66 Å². The molecular formula is C17H13N3O4.